The van der Waals surface area contributed by atoms with E-state index in [4.69, 9.17) is 9.47 Å². The number of amides is 1. The zero-order valence-electron chi connectivity index (χ0n) is 15.3. The van der Waals surface area contributed by atoms with Crippen molar-refractivity contribution in [1.82, 2.24) is 9.88 Å². The van der Waals surface area contributed by atoms with Crippen molar-refractivity contribution in [3.05, 3.63) is 42.1 Å². The zero-order chi connectivity index (χ0) is 18.0. The Morgan fingerprint density at radius 2 is 2.08 bits per heavy atom. The molecule has 2 fully saturated rings. The molecule has 2 saturated heterocycles. The number of carbonyl (C=O) groups excluding carboxylic acids is 1. The van der Waals surface area contributed by atoms with E-state index in [0.29, 0.717) is 12.3 Å². The molecule has 0 unspecified atom stereocenters. The lowest BCUT2D eigenvalue weighted by Crippen LogP contribution is -2.43. The van der Waals surface area contributed by atoms with Crippen LogP contribution in [0.5, 0.6) is 0 Å². The number of pyridine rings is 1. The van der Waals surface area contributed by atoms with Crippen molar-refractivity contribution in [2.24, 2.45) is 5.41 Å². The first kappa shape index (κ1) is 17.4. The van der Waals surface area contributed by atoms with Gasteiger partial charge in [-0.2, -0.15) is 0 Å². The van der Waals surface area contributed by atoms with E-state index < -0.39 is 0 Å². The predicted molar refractivity (Wildman–Crippen MR) is 100 cm³/mol. The molecule has 0 aliphatic carbocycles. The third-order valence-corrected chi connectivity index (χ3v) is 5.72. The van der Waals surface area contributed by atoms with Gasteiger partial charge in [0.1, 0.15) is 5.69 Å². The van der Waals surface area contributed by atoms with Crippen LogP contribution in [0.4, 0.5) is 0 Å². The molecule has 0 radical (unpaired) electrons. The van der Waals surface area contributed by atoms with Crippen molar-refractivity contribution in [3.63, 3.8) is 0 Å². The van der Waals surface area contributed by atoms with Gasteiger partial charge in [0.2, 0.25) is 0 Å². The third kappa shape index (κ3) is 3.46. The Balaban J connectivity index is 1.39. The largest absolute Gasteiger partial charge is 0.379 e. The van der Waals surface area contributed by atoms with Crippen LogP contribution in [0.1, 0.15) is 36.7 Å². The number of para-hydroxylation sites is 1. The monoisotopic (exact) mass is 354 g/mol. The summed E-state index contributed by atoms with van der Waals surface area (Å²) >= 11 is 0. The summed E-state index contributed by atoms with van der Waals surface area (Å²) in [5, 5.41) is 1.06. The van der Waals surface area contributed by atoms with Crippen LogP contribution in [-0.4, -0.2) is 54.8 Å². The normalized spacial score (nSPS) is 22.2. The Morgan fingerprint density at radius 3 is 2.88 bits per heavy atom. The molecule has 26 heavy (non-hydrogen) atoms. The Hall–Kier alpha value is -1.98. The lowest BCUT2D eigenvalue weighted by molar-refractivity contribution is 0.0159. The zero-order valence-corrected chi connectivity index (χ0v) is 15.3. The highest BCUT2D eigenvalue weighted by atomic mass is 16.5. The van der Waals surface area contributed by atoms with E-state index in [9.17, 15) is 4.79 Å². The molecule has 2 aliphatic rings. The molecule has 5 heteroatoms. The van der Waals surface area contributed by atoms with Gasteiger partial charge in [-0.1, -0.05) is 24.3 Å². The Kier molecular flexibility index (Phi) is 4.92. The van der Waals surface area contributed by atoms with Gasteiger partial charge in [0.15, 0.2) is 0 Å². The van der Waals surface area contributed by atoms with Gasteiger partial charge < -0.3 is 14.4 Å². The molecule has 3 heterocycles. The average Bonchev–Trinajstić information content (AvgIpc) is 3.08. The van der Waals surface area contributed by atoms with E-state index in [-0.39, 0.29) is 17.4 Å². The number of fused-ring (bicyclic) bond motifs is 1. The lowest BCUT2D eigenvalue weighted by atomic mass is 9.76. The second kappa shape index (κ2) is 7.33. The van der Waals surface area contributed by atoms with E-state index in [2.05, 4.69) is 4.98 Å². The summed E-state index contributed by atoms with van der Waals surface area (Å²) in [6.07, 6.45) is 3.24. The highest BCUT2D eigenvalue weighted by Gasteiger charge is 2.43. The minimum Gasteiger partial charge on any atom is -0.379 e. The molecule has 0 saturated carbocycles. The van der Waals surface area contributed by atoms with Crippen molar-refractivity contribution in [3.8, 4) is 0 Å². The maximum absolute atomic E-state index is 12.9. The minimum absolute atomic E-state index is 0.0374. The quantitative estimate of drug-likeness (QED) is 0.845. The van der Waals surface area contributed by atoms with E-state index in [0.717, 1.165) is 56.5 Å². The number of hydrogen-bond donors (Lipinski definition) is 0. The van der Waals surface area contributed by atoms with Crippen LogP contribution >= 0.6 is 0 Å². The lowest BCUT2D eigenvalue weighted by Gasteiger charge is -2.38. The number of likely N-dealkylation sites (tertiary alicyclic amines) is 1. The molecule has 2 aliphatic heterocycles. The van der Waals surface area contributed by atoms with Crippen LogP contribution in [-0.2, 0) is 9.47 Å². The van der Waals surface area contributed by atoms with Crippen molar-refractivity contribution in [2.75, 3.05) is 32.9 Å². The van der Waals surface area contributed by atoms with Gasteiger partial charge in [-0.05, 0) is 43.7 Å². The fraction of sp³-hybridized carbons (Fsp3) is 0.524. The summed E-state index contributed by atoms with van der Waals surface area (Å²) < 4.78 is 11.4. The molecular weight excluding hydrogens is 328 g/mol. The van der Waals surface area contributed by atoms with E-state index >= 15 is 0 Å². The smallest absolute Gasteiger partial charge is 0.272 e. The molecule has 1 spiro atoms. The molecule has 2 aromatic rings. The molecule has 0 N–H and O–H groups in total. The molecule has 5 nitrogen and oxygen atoms in total. The number of hydrogen-bond acceptors (Lipinski definition) is 4. The average molecular weight is 354 g/mol. The van der Waals surface area contributed by atoms with Crippen LogP contribution in [0, 0.1) is 5.41 Å². The van der Waals surface area contributed by atoms with Gasteiger partial charge in [0.25, 0.3) is 5.91 Å². The van der Waals surface area contributed by atoms with Crippen molar-refractivity contribution in [2.45, 2.75) is 32.3 Å². The van der Waals surface area contributed by atoms with Crippen molar-refractivity contribution in [1.29, 1.82) is 0 Å². The number of nitrogens with zero attached hydrogens (tertiary/aromatic N) is 2. The van der Waals surface area contributed by atoms with Crippen LogP contribution < -0.4 is 0 Å². The molecule has 1 amide bonds. The summed E-state index contributed by atoms with van der Waals surface area (Å²) in [6, 6.07) is 11.7. The van der Waals surface area contributed by atoms with Gasteiger partial charge in [0.05, 0.1) is 24.8 Å². The van der Waals surface area contributed by atoms with Gasteiger partial charge in [-0.15, -0.1) is 0 Å². The van der Waals surface area contributed by atoms with Crippen LogP contribution in [0.25, 0.3) is 10.9 Å². The number of piperidine rings is 1. The minimum atomic E-state index is 0.0374. The van der Waals surface area contributed by atoms with Crippen molar-refractivity contribution < 1.29 is 14.3 Å². The molecule has 0 bridgehead atoms. The molecule has 4 rings (SSSR count). The molecule has 1 aromatic carbocycles. The molecule has 1 aromatic heterocycles. The topological polar surface area (TPSA) is 51.7 Å². The van der Waals surface area contributed by atoms with E-state index in [1.165, 1.54) is 0 Å². The van der Waals surface area contributed by atoms with Crippen LogP contribution in [0.3, 0.4) is 0 Å². The number of benzene rings is 1. The first-order chi connectivity index (χ1) is 12.7. The van der Waals surface area contributed by atoms with Crippen LogP contribution in [0.2, 0.25) is 0 Å². The fourth-order valence-electron chi connectivity index (χ4n) is 4.13. The van der Waals surface area contributed by atoms with Gasteiger partial charge in [-0.25, -0.2) is 4.98 Å². The summed E-state index contributed by atoms with van der Waals surface area (Å²) in [4.78, 5) is 19.4. The third-order valence-electron chi connectivity index (χ3n) is 5.72. The number of rotatable bonds is 4. The molecular formula is C21H26N2O3. The summed E-state index contributed by atoms with van der Waals surface area (Å²) in [7, 11) is 0. The number of ether oxygens (including phenoxy) is 2. The highest BCUT2D eigenvalue weighted by Crippen LogP contribution is 2.42. The van der Waals surface area contributed by atoms with Crippen LogP contribution in [0.15, 0.2) is 36.4 Å². The van der Waals surface area contributed by atoms with Crippen molar-refractivity contribution >= 4 is 16.8 Å². The second-order valence-electron chi connectivity index (χ2n) is 7.48. The second-order valence-corrected chi connectivity index (χ2v) is 7.48. The SMILES string of the molecule is CCOC[C@H]1CC2(CCN(C(=O)c3ccc4ccccc4n3)CC2)CO1. The van der Waals surface area contributed by atoms with E-state index in [1.54, 1.807) is 0 Å². The first-order valence-corrected chi connectivity index (χ1v) is 9.53. The summed E-state index contributed by atoms with van der Waals surface area (Å²) in [5.74, 6) is 0.0374. The summed E-state index contributed by atoms with van der Waals surface area (Å²) in [5.41, 5.74) is 1.63. The number of carbonyl (C=O) groups is 1. The molecule has 138 valence electrons. The fourth-order valence-corrected chi connectivity index (χ4v) is 4.13. The van der Waals surface area contributed by atoms with Gasteiger partial charge in [-0.3, -0.25) is 4.79 Å². The summed E-state index contributed by atoms with van der Waals surface area (Å²) in [6.45, 7) is 5.77. The van der Waals surface area contributed by atoms with E-state index in [1.807, 2.05) is 48.2 Å². The van der Waals surface area contributed by atoms with Gasteiger partial charge in [0, 0.05) is 25.1 Å². The Morgan fingerprint density at radius 1 is 1.27 bits per heavy atom. The highest BCUT2D eigenvalue weighted by molar-refractivity contribution is 5.95. The maximum Gasteiger partial charge on any atom is 0.272 e. The maximum atomic E-state index is 12.9. The number of aromatic nitrogens is 1. The molecule has 1 atom stereocenters. The Labute approximate surface area is 154 Å². The standard InChI is InChI=1S/C21H26N2O3/c1-2-25-14-17-13-21(15-26-17)9-11-23(12-10-21)20(24)19-8-7-16-5-3-4-6-18(16)22-19/h3-8,17H,2,9-15H2,1H3/t17-/m1/s1. The van der Waals surface area contributed by atoms with Gasteiger partial charge >= 0.3 is 0 Å². The first-order valence-electron chi connectivity index (χ1n) is 9.53. The Bertz CT molecular complexity index is 784. The predicted octanol–water partition coefficient (Wildman–Crippen LogP) is 3.28.